The Morgan fingerprint density at radius 2 is 1.94 bits per heavy atom. The van der Waals surface area contributed by atoms with Gasteiger partial charge in [-0.3, -0.25) is 4.79 Å². The minimum Gasteiger partial charge on any atom is -0.341 e. The number of carbonyl (C=O) groups excluding carboxylic acids is 1. The van der Waals surface area contributed by atoms with Gasteiger partial charge in [-0.15, -0.1) is 12.4 Å². The van der Waals surface area contributed by atoms with Gasteiger partial charge in [0.05, 0.1) is 5.75 Å². The van der Waals surface area contributed by atoms with E-state index in [0.29, 0.717) is 13.0 Å². The Balaban J connectivity index is 0. The molecule has 2 N–H and O–H groups in total. The lowest BCUT2D eigenvalue weighted by Crippen LogP contribution is -2.42. The van der Waals surface area contributed by atoms with E-state index < -0.39 is 15.6 Å². The lowest BCUT2D eigenvalue weighted by molar-refractivity contribution is -0.128. The van der Waals surface area contributed by atoms with E-state index in [0.717, 1.165) is 0 Å². The van der Waals surface area contributed by atoms with Gasteiger partial charge in [0.25, 0.3) is 0 Å². The molecule has 1 atom stereocenters. The molecule has 0 aromatic carbocycles. The first-order chi connectivity index (χ1) is 6.84. The summed E-state index contributed by atoms with van der Waals surface area (Å²) in [6, 6.07) is -0.130. The molecule has 0 aromatic heterocycles. The highest BCUT2D eigenvalue weighted by molar-refractivity contribution is 7.92. The van der Waals surface area contributed by atoms with Crippen LogP contribution in [0.15, 0.2) is 0 Å². The third kappa shape index (κ3) is 6.30. The number of carbonyl (C=O) groups is 1. The van der Waals surface area contributed by atoms with Crippen LogP contribution in [0.3, 0.4) is 0 Å². The van der Waals surface area contributed by atoms with Gasteiger partial charge in [-0.05, 0) is 13.3 Å². The first kappa shape index (κ1) is 18.0. The second-order valence-corrected chi connectivity index (χ2v) is 5.87. The first-order valence-electron chi connectivity index (χ1n) is 5.00. The molecular formula is C9H21ClN2O3S. The number of halogens is 1. The zero-order chi connectivity index (χ0) is 12.1. The molecule has 16 heavy (non-hydrogen) atoms. The maximum Gasteiger partial charge on any atom is 0.237 e. The van der Waals surface area contributed by atoms with Crippen LogP contribution in [0.4, 0.5) is 0 Å². The topological polar surface area (TPSA) is 80.5 Å². The Labute approximate surface area is 104 Å². The summed E-state index contributed by atoms with van der Waals surface area (Å²) in [6.07, 6.45) is 0.534. The number of hydrogen-bond donors (Lipinski definition) is 1. The number of nitrogens with zero attached hydrogens (tertiary/aromatic N) is 1. The van der Waals surface area contributed by atoms with Gasteiger partial charge in [-0.1, -0.05) is 6.92 Å². The van der Waals surface area contributed by atoms with Gasteiger partial charge in [0.15, 0.2) is 9.84 Å². The number of hydrogen-bond acceptors (Lipinski definition) is 4. The van der Waals surface area contributed by atoms with E-state index in [2.05, 4.69) is 0 Å². The quantitative estimate of drug-likeness (QED) is 0.740. The molecule has 0 aromatic rings. The highest BCUT2D eigenvalue weighted by Crippen LogP contribution is 2.00. The largest absolute Gasteiger partial charge is 0.341 e. The highest BCUT2D eigenvalue weighted by atomic mass is 35.5. The fourth-order valence-corrected chi connectivity index (χ4v) is 2.42. The van der Waals surface area contributed by atoms with E-state index in [1.807, 2.05) is 0 Å². The van der Waals surface area contributed by atoms with E-state index in [4.69, 9.17) is 5.73 Å². The van der Waals surface area contributed by atoms with Crippen LogP contribution < -0.4 is 5.73 Å². The van der Waals surface area contributed by atoms with Crippen molar-refractivity contribution < 1.29 is 13.2 Å². The normalized spacial score (nSPS) is 12.8. The standard InChI is InChI=1S/C9H20N2O3S.ClH/c1-4-5-15(13,14)7-9(12)11(3)8(2)6-10;/h8H,4-7,10H2,1-3H3;1H. The Morgan fingerprint density at radius 3 is 2.31 bits per heavy atom. The minimum absolute atomic E-state index is 0. The molecular weight excluding hydrogens is 252 g/mol. The molecule has 1 amide bonds. The van der Waals surface area contributed by atoms with E-state index in [1.165, 1.54) is 4.90 Å². The second-order valence-electron chi connectivity index (χ2n) is 3.68. The van der Waals surface area contributed by atoms with Crippen LogP contribution in [0.5, 0.6) is 0 Å². The van der Waals surface area contributed by atoms with Crippen LogP contribution in [-0.2, 0) is 14.6 Å². The Hall–Kier alpha value is -0.330. The first-order valence-corrected chi connectivity index (χ1v) is 6.82. The van der Waals surface area contributed by atoms with Crippen LogP contribution in [0, 0.1) is 0 Å². The fourth-order valence-electron chi connectivity index (χ4n) is 1.08. The summed E-state index contributed by atoms with van der Waals surface area (Å²) in [6.45, 7) is 3.88. The van der Waals surface area contributed by atoms with Crippen LogP contribution in [0.1, 0.15) is 20.3 Å². The van der Waals surface area contributed by atoms with Crippen LogP contribution in [0.25, 0.3) is 0 Å². The Kier molecular flexibility index (Phi) is 8.87. The average Bonchev–Trinajstić information content (AvgIpc) is 2.14. The molecule has 1 unspecified atom stereocenters. The van der Waals surface area contributed by atoms with Crippen LogP contribution in [0.2, 0.25) is 0 Å². The van der Waals surface area contributed by atoms with Crippen molar-refractivity contribution in [1.82, 2.24) is 4.90 Å². The molecule has 0 heterocycles. The van der Waals surface area contributed by atoms with Gasteiger partial charge in [0.2, 0.25) is 5.91 Å². The summed E-state index contributed by atoms with van der Waals surface area (Å²) in [5.74, 6) is -0.743. The van der Waals surface area contributed by atoms with Crippen molar-refractivity contribution in [3.8, 4) is 0 Å². The zero-order valence-electron chi connectivity index (χ0n) is 9.97. The number of likely N-dealkylation sites (N-methyl/N-ethyl adjacent to an activating group) is 1. The monoisotopic (exact) mass is 272 g/mol. The Bertz CT molecular complexity index is 306. The summed E-state index contributed by atoms with van der Waals surface area (Å²) in [7, 11) is -1.68. The van der Waals surface area contributed by atoms with Crippen LogP contribution in [-0.4, -0.2) is 50.4 Å². The molecule has 0 radical (unpaired) electrons. The molecule has 98 valence electrons. The van der Waals surface area contributed by atoms with Gasteiger partial charge >= 0.3 is 0 Å². The number of amides is 1. The number of nitrogens with two attached hydrogens (primary N) is 1. The molecule has 5 nitrogen and oxygen atoms in total. The molecule has 0 aliphatic carbocycles. The summed E-state index contributed by atoms with van der Waals surface area (Å²) >= 11 is 0. The molecule has 0 saturated heterocycles. The SMILES string of the molecule is CCCS(=O)(=O)CC(=O)N(C)C(C)CN.Cl. The maximum atomic E-state index is 11.5. The van der Waals surface area contributed by atoms with Gasteiger partial charge < -0.3 is 10.6 Å². The molecule has 0 aliphatic rings. The zero-order valence-corrected chi connectivity index (χ0v) is 11.6. The van der Waals surface area contributed by atoms with Crippen molar-refractivity contribution in [2.75, 3.05) is 25.1 Å². The number of rotatable bonds is 6. The van der Waals surface area contributed by atoms with Gasteiger partial charge in [0.1, 0.15) is 5.75 Å². The van der Waals surface area contributed by atoms with Gasteiger partial charge in [0, 0.05) is 19.6 Å². The lowest BCUT2D eigenvalue weighted by Gasteiger charge is -2.23. The lowest BCUT2D eigenvalue weighted by atomic mass is 10.3. The summed E-state index contributed by atoms with van der Waals surface area (Å²) in [4.78, 5) is 12.9. The fraction of sp³-hybridized carbons (Fsp3) is 0.889. The predicted octanol–water partition coefficient (Wildman–Crippen LogP) is 0.0386. The van der Waals surface area contributed by atoms with Crippen molar-refractivity contribution in [3.05, 3.63) is 0 Å². The summed E-state index contributed by atoms with van der Waals surface area (Å²) in [5, 5.41) is 0. The molecule has 0 aliphatic heterocycles. The van der Waals surface area contributed by atoms with E-state index in [-0.39, 0.29) is 30.1 Å². The molecule has 7 heteroatoms. The third-order valence-corrected chi connectivity index (χ3v) is 3.97. The maximum absolute atomic E-state index is 11.5. The molecule has 0 bridgehead atoms. The van der Waals surface area contributed by atoms with Crippen molar-refractivity contribution in [3.63, 3.8) is 0 Å². The second kappa shape index (κ2) is 7.86. The molecule has 0 fully saturated rings. The highest BCUT2D eigenvalue weighted by Gasteiger charge is 2.21. The van der Waals surface area contributed by atoms with Crippen molar-refractivity contribution in [2.45, 2.75) is 26.3 Å². The Morgan fingerprint density at radius 1 is 1.44 bits per heavy atom. The summed E-state index contributed by atoms with van der Waals surface area (Å²) in [5.41, 5.74) is 5.39. The van der Waals surface area contributed by atoms with E-state index >= 15 is 0 Å². The predicted molar refractivity (Wildman–Crippen MR) is 67.5 cm³/mol. The van der Waals surface area contributed by atoms with Crippen molar-refractivity contribution in [1.29, 1.82) is 0 Å². The van der Waals surface area contributed by atoms with E-state index in [1.54, 1.807) is 20.9 Å². The van der Waals surface area contributed by atoms with Crippen molar-refractivity contribution in [2.24, 2.45) is 5.73 Å². The average molecular weight is 273 g/mol. The summed E-state index contributed by atoms with van der Waals surface area (Å²) < 4.78 is 22.8. The molecule has 0 rings (SSSR count). The van der Waals surface area contributed by atoms with Crippen LogP contribution >= 0.6 is 12.4 Å². The third-order valence-electron chi connectivity index (χ3n) is 2.25. The van der Waals surface area contributed by atoms with Crippen molar-refractivity contribution >= 4 is 28.2 Å². The van der Waals surface area contributed by atoms with Gasteiger partial charge in [-0.2, -0.15) is 0 Å². The molecule has 0 spiro atoms. The smallest absolute Gasteiger partial charge is 0.237 e. The molecule has 0 saturated carbocycles. The van der Waals surface area contributed by atoms with E-state index in [9.17, 15) is 13.2 Å². The number of sulfone groups is 1. The van der Waals surface area contributed by atoms with Gasteiger partial charge in [-0.25, -0.2) is 8.42 Å². The minimum atomic E-state index is -3.25.